The first-order valence-electron chi connectivity index (χ1n) is 9.61. The largest absolute Gasteiger partial charge is 0.452 e. The normalized spacial score (nSPS) is 15.5. The third-order valence-corrected chi connectivity index (χ3v) is 6.25. The molecule has 3 N–H and O–H groups in total. The topological polar surface area (TPSA) is 131 Å². The van der Waals surface area contributed by atoms with Gasteiger partial charge in [-0.15, -0.1) is 0 Å². The van der Waals surface area contributed by atoms with Crippen LogP contribution in [0.4, 0.5) is 4.79 Å². The zero-order chi connectivity index (χ0) is 21.4. The van der Waals surface area contributed by atoms with Gasteiger partial charge in [-0.1, -0.05) is 19.8 Å². The fraction of sp³-hybridized carbons (Fsp3) is 0.526. The second-order valence-electron chi connectivity index (χ2n) is 7.03. The van der Waals surface area contributed by atoms with E-state index in [4.69, 9.17) is 4.74 Å². The van der Waals surface area contributed by atoms with E-state index >= 15 is 0 Å². The third-order valence-electron chi connectivity index (χ3n) is 4.65. The van der Waals surface area contributed by atoms with Gasteiger partial charge in [-0.3, -0.25) is 10.1 Å². The van der Waals surface area contributed by atoms with Crippen LogP contribution < -0.4 is 15.4 Å². The maximum Gasteiger partial charge on any atom is 0.338 e. The van der Waals surface area contributed by atoms with Gasteiger partial charge >= 0.3 is 12.0 Å². The van der Waals surface area contributed by atoms with E-state index in [1.807, 2.05) is 6.92 Å². The fourth-order valence-electron chi connectivity index (χ4n) is 2.86. The highest BCUT2D eigenvalue weighted by Gasteiger charge is 2.20. The van der Waals surface area contributed by atoms with Crippen LogP contribution in [-0.2, 0) is 19.6 Å². The van der Waals surface area contributed by atoms with Gasteiger partial charge in [-0.2, -0.15) is 0 Å². The fourth-order valence-corrected chi connectivity index (χ4v) is 4.18. The van der Waals surface area contributed by atoms with Crippen LogP contribution >= 0.6 is 0 Å². The Balaban J connectivity index is 1.82. The van der Waals surface area contributed by atoms with Gasteiger partial charge < -0.3 is 10.1 Å². The molecule has 2 rings (SSSR count). The number of nitrogens with one attached hydrogen (secondary N) is 3. The van der Waals surface area contributed by atoms with E-state index in [0.29, 0.717) is 6.42 Å². The Labute approximate surface area is 170 Å². The summed E-state index contributed by atoms with van der Waals surface area (Å²) in [6, 6.07) is 4.42. The standard InChI is InChI=1S/C19H27N3O6S/c1-3-13(2)22-29(26,27)16-10-8-14(9-11-16)18(24)28-12-17(23)21-19(25)20-15-6-4-5-7-15/h8-11,13,15,22H,3-7,12H2,1-2H3,(H2,20,21,23,25)/t13-/m0/s1. The van der Waals surface area contributed by atoms with Crippen LogP contribution in [0.25, 0.3) is 0 Å². The Morgan fingerprint density at radius 1 is 1.14 bits per heavy atom. The third kappa shape index (κ3) is 7.13. The summed E-state index contributed by atoms with van der Waals surface area (Å²) in [5.74, 6) is -1.54. The Morgan fingerprint density at radius 2 is 1.76 bits per heavy atom. The number of sulfonamides is 1. The van der Waals surface area contributed by atoms with Crippen LogP contribution in [0.15, 0.2) is 29.2 Å². The lowest BCUT2D eigenvalue weighted by Crippen LogP contribution is -2.44. The van der Waals surface area contributed by atoms with Gasteiger partial charge in [0.1, 0.15) is 0 Å². The van der Waals surface area contributed by atoms with Crippen molar-refractivity contribution in [2.24, 2.45) is 0 Å². The van der Waals surface area contributed by atoms with Gasteiger partial charge in [0, 0.05) is 12.1 Å². The predicted molar refractivity (Wildman–Crippen MR) is 106 cm³/mol. The van der Waals surface area contributed by atoms with E-state index in [-0.39, 0.29) is 22.5 Å². The smallest absolute Gasteiger partial charge is 0.338 e. The minimum absolute atomic E-state index is 0.0238. The van der Waals surface area contributed by atoms with E-state index in [1.165, 1.54) is 24.3 Å². The predicted octanol–water partition coefficient (Wildman–Crippen LogP) is 1.69. The van der Waals surface area contributed by atoms with Crippen molar-refractivity contribution in [1.29, 1.82) is 0 Å². The minimum atomic E-state index is -3.67. The molecule has 0 heterocycles. The van der Waals surface area contributed by atoms with Crippen LogP contribution in [0.5, 0.6) is 0 Å². The summed E-state index contributed by atoms with van der Waals surface area (Å²) in [4.78, 5) is 35.5. The minimum Gasteiger partial charge on any atom is -0.452 e. The lowest BCUT2D eigenvalue weighted by Gasteiger charge is -2.13. The number of hydrogen-bond donors (Lipinski definition) is 3. The molecule has 9 nitrogen and oxygen atoms in total. The molecule has 0 spiro atoms. The Kier molecular flexibility index (Phi) is 8.15. The lowest BCUT2D eigenvalue weighted by atomic mass is 10.2. The number of rotatable bonds is 8. The second-order valence-corrected chi connectivity index (χ2v) is 8.75. The van der Waals surface area contributed by atoms with Gasteiger partial charge in [0.25, 0.3) is 5.91 Å². The Bertz CT molecular complexity index is 832. The van der Waals surface area contributed by atoms with Gasteiger partial charge in [0.2, 0.25) is 10.0 Å². The van der Waals surface area contributed by atoms with Crippen molar-refractivity contribution in [3.63, 3.8) is 0 Å². The molecule has 1 aliphatic carbocycles. The number of hydrogen-bond acceptors (Lipinski definition) is 6. The molecule has 160 valence electrons. The molecule has 0 aromatic heterocycles. The first-order chi connectivity index (χ1) is 13.7. The van der Waals surface area contributed by atoms with Crippen molar-refractivity contribution in [1.82, 2.24) is 15.4 Å². The number of amides is 3. The highest BCUT2D eigenvalue weighted by molar-refractivity contribution is 7.89. The molecule has 1 atom stereocenters. The zero-order valence-electron chi connectivity index (χ0n) is 16.6. The molecule has 1 aromatic carbocycles. The molecule has 1 aromatic rings. The number of esters is 1. The molecule has 1 aliphatic rings. The van der Waals surface area contributed by atoms with E-state index in [9.17, 15) is 22.8 Å². The number of benzene rings is 1. The lowest BCUT2D eigenvalue weighted by molar-refractivity contribution is -0.123. The quantitative estimate of drug-likeness (QED) is 0.543. The van der Waals surface area contributed by atoms with Crippen molar-refractivity contribution in [3.8, 4) is 0 Å². The maximum absolute atomic E-state index is 12.2. The molecule has 1 saturated carbocycles. The number of imide groups is 1. The molecule has 10 heteroatoms. The van der Waals surface area contributed by atoms with Gasteiger partial charge in [-0.05, 0) is 50.5 Å². The van der Waals surface area contributed by atoms with Gasteiger partial charge in [-0.25, -0.2) is 22.7 Å². The van der Waals surface area contributed by atoms with Gasteiger partial charge in [0.15, 0.2) is 6.61 Å². The van der Waals surface area contributed by atoms with E-state index in [0.717, 1.165) is 25.7 Å². The molecule has 1 fully saturated rings. The van der Waals surface area contributed by atoms with E-state index in [2.05, 4.69) is 15.4 Å². The molecule has 0 saturated heterocycles. The van der Waals surface area contributed by atoms with Crippen LogP contribution in [-0.4, -0.2) is 45.0 Å². The number of carbonyl (C=O) groups is 3. The monoisotopic (exact) mass is 425 g/mol. The molecule has 3 amide bonds. The van der Waals surface area contributed by atoms with Gasteiger partial charge in [0.05, 0.1) is 10.5 Å². The molecular weight excluding hydrogens is 398 g/mol. The van der Waals surface area contributed by atoms with Crippen molar-refractivity contribution < 1.29 is 27.5 Å². The number of urea groups is 1. The molecule has 0 bridgehead atoms. The molecule has 0 unspecified atom stereocenters. The van der Waals surface area contributed by atoms with Crippen LogP contribution in [0, 0.1) is 0 Å². The SMILES string of the molecule is CC[C@H](C)NS(=O)(=O)c1ccc(C(=O)OCC(=O)NC(=O)NC2CCCC2)cc1. The number of ether oxygens (including phenoxy) is 1. The Hall–Kier alpha value is -2.46. The maximum atomic E-state index is 12.2. The summed E-state index contributed by atoms with van der Waals surface area (Å²) in [7, 11) is -3.67. The zero-order valence-corrected chi connectivity index (χ0v) is 17.4. The summed E-state index contributed by atoms with van der Waals surface area (Å²) in [5.41, 5.74) is 0.0932. The van der Waals surface area contributed by atoms with Crippen LogP contribution in [0.1, 0.15) is 56.3 Å². The van der Waals surface area contributed by atoms with Crippen molar-refractivity contribution in [2.75, 3.05) is 6.61 Å². The molecule has 0 radical (unpaired) electrons. The molecule has 0 aliphatic heterocycles. The summed E-state index contributed by atoms with van der Waals surface area (Å²) >= 11 is 0. The molecular formula is C19H27N3O6S. The Morgan fingerprint density at radius 3 is 2.34 bits per heavy atom. The average molecular weight is 426 g/mol. The second kappa shape index (κ2) is 10.4. The van der Waals surface area contributed by atoms with Crippen molar-refractivity contribution >= 4 is 27.9 Å². The summed E-state index contributed by atoms with van der Waals surface area (Å²) in [6.07, 6.45) is 4.50. The van der Waals surface area contributed by atoms with E-state index in [1.54, 1.807) is 6.92 Å². The number of carbonyl (C=O) groups excluding carboxylic acids is 3. The van der Waals surface area contributed by atoms with Crippen LogP contribution in [0.3, 0.4) is 0 Å². The van der Waals surface area contributed by atoms with Crippen molar-refractivity contribution in [3.05, 3.63) is 29.8 Å². The van der Waals surface area contributed by atoms with Crippen LogP contribution in [0.2, 0.25) is 0 Å². The van der Waals surface area contributed by atoms with E-state index < -0.39 is 34.5 Å². The average Bonchev–Trinajstić information content (AvgIpc) is 3.18. The summed E-state index contributed by atoms with van der Waals surface area (Å²) in [6.45, 7) is 3.00. The summed E-state index contributed by atoms with van der Waals surface area (Å²) in [5, 5.41) is 4.81. The highest BCUT2D eigenvalue weighted by Crippen LogP contribution is 2.17. The summed E-state index contributed by atoms with van der Waals surface area (Å²) < 4.78 is 31.8. The molecule has 29 heavy (non-hydrogen) atoms. The highest BCUT2D eigenvalue weighted by atomic mass is 32.2. The van der Waals surface area contributed by atoms with Crippen molar-refractivity contribution in [2.45, 2.75) is 62.9 Å². The first-order valence-corrected chi connectivity index (χ1v) is 11.1. The first kappa shape index (κ1) is 22.8.